The van der Waals surface area contributed by atoms with E-state index in [2.05, 4.69) is 44.4 Å². The van der Waals surface area contributed by atoms with Crippen LogP contribution in [0.2, 0.25) is 0 Å². The van der Waals surface area contributed by atoms with E-state index < -0.39 is 0 Å². The van der Waals surface area contributed by atoms with Crippen LogP contribution in [0.3, 0.4) is 0 Å². The van der Waals surface area contributed by atoms with E-state index in [-0.39, 0.29) is 5.79 Å². The van der Waals surface area contributed by atoms with Gasteiger partial charge in [-0.05, 0) is 38.9 Å². The van der Waals surface area contributed by atoms with Crippen molar-refractivity contribution in [3.05, 3.63) is 29.3 Å². The Bertz CT molecular complexity index is 500. The van der Waals surface area contributed by atoms with Gasteiger partial charge in [0.25, 0.3) is 0 Å². The standard InChI is InChI=1S/C17H25NO2S/c1-12-4-5-13(2)15(10-12)21-16-11-17(19-8-9-20-17)7-6-14(16)18-3/h4-5,10,14,16,18H,6-9,11H2,1-3H3. The highest BCUT2D eigenvalue weighted by molar-refractivity contribution is 8.00. The number of rotatable bonds is 3. The fourth-order valence-corrected chi connectivity index (χ4v) is 4.93. The van der Waals surface area contributed by atoms with Crippen molar-refractivity contribution in [1.29, 1.82) is 0 Å². The second-order valence-corrected chi connectivity index (χ2v) is 7.45. The topological polar surface area (TPSA) is 30.5 Å². The van der Waals surface area contributed by atoms with Crippen molar-refractivity contribution in [2.45, 2.75) is 55.1 Å². The maximum absolute atomic E-state index is 5.93. The van der Waals surface area contributed by atoms with Crippen LogP contribution < -0.4 is 5.32 Å². The van der Waals surface area contributed by atoms with Gasteiger partial charge < -0.3 is 14.8 Å². The van der Waals surface area contributed by atoms with Crippen LogP contribution in [-0.4, -0.2) is 37.3 Å². The zero-order valence-corrected chi connectivity index (χ0v) is 14.0. The van der Waals surface area contributed by atoms with Crippen LogP contribution in [0.4, 0.5) is 0 Å². The highest BCUT2D eigenvalue weighted by Crippen LogP contribution is 2.43. The van der Waals surface area contributed by atoms with Crippen LogP contribution in [0, 0.1) is 13.8 Å². The zero-order valence-electron chi connectivity index (χ0n) is 13.1. The van der Waals surface area contributed by atoms with Crippen molar-refractivity contribution in [2.75, 3.05) is 20.3 Å². The van der Waals surface area contributed by atoms with Crippen molar-refractivity contribution in [1.82, 2.24) is 5.32 Å². The highest BCUT2D eigenvalue weighted by atomic mass is 32.2. The van der Waals surface area contributed by atoms with Crippen molar-refractivity contribution < 1.29 is 9.47 Å². The molecule has 4 heteroatoms. The summed E-state index contributed by atoms with van der Waals surface area (Å²) in [4.78, 5) is 1.38. The Labute approximate surface area is 131 Å². The highest BCUT2D eigenvalue weighted by Gasteiger charge is 2.45. The number of ether oxygens (including phenoxy) is 2. The van der Waals surface area contributed by atoms with Crippen molar-refractivity contribution >= 4 is 11.8 Å². The molecule has 0 aromatic heterocycles. The molecular formula is C17H25NO2S. The molecule has 2 fully saturated rings. The molecule has 1 aliphatic heterocycles. The Kier molecular flexibility index (Phi) is 4.60. The smallest absolute Gasteiger partial charge is 0.169 e. The summed E-state index contributed by atoms with van der Waals surface area (Å²) in [6, 6.07) is 7.21. The van der Waals surface area contributed by atoms with Gasteiger partial charge in [-0.15, -0.1) is 11.8 Å². The predicted octanol–water partition coefficient (Wildman–Crippen LogP) is 3.28. The van der Waals surface area contributed by atoms with Gasteiger partial charge >= 0.3 is 0 Å². The van der Waals surface area contributed by atoms with Gasteiger partial charge in [0.15, 0.2) is 5.79 Å². The van der Waals surface area contributed by atoms with Crippen LogP contribution >= 0.6 is 11.8 Å². The molecule has 1 aromatic rings. The molecule has 0 amide bonds. The Balaban J connectivity index is 1.78. The summed E-state index contributed by atoms with van der Waals surface area (Å²) in [6.45, 7) is 5.83. The monoisotopic (exact) mass is 307 g/mol. The van der Waals surface area contributed by atoms with Gasteiger partial charge in [0, 0.05) is 29.0 Å². The molecule has 1 saturated carbocycles. The van der Waals surface area contributed by atoms with Crippen LogP contribution in [-0.2, 0) is 9.47 Å². The van der Waals surface area contributed by atoms with E-state index in [9.17, 15) is 0 Å². The molecule has 1 saturated heterocycles. The van der Waals surface area contributed by atoms with E-state index in [0.29, 0.717) is 11.3 Å². The third-order valence-electron chi connectivity index (χ3n) is 4.60. The Morgan fingerprint density at radius 1 is 1.24 bits per heavy atom. The molecule has 1 heterocycles. The number of benzene rings is 1. The first-order valence-corrected chi connectivity index (χ1v) is 8.69. The van der Waals surface area contributed by atoms with Crippen molar-refractivity contribution in [3.63, 3.8) is 0 Å². The molecule has 2 unspecified atom stereocenters. The predicted molar refractivity (Wildman–Crippen MR) is 86.9 cm³/mol. The zero-order chi connectivity index (χ0) is 14.9. The molecule has 1 aromatic carbocycles. The Hall–Kier alpha value is -0.550. The molecule has 2 aliphatic rings. The van der Waals surface area contributed by atoms with Crippen LogP contribution in [0.1, 0.15) is 30.4 Å². The minimum Gasteiger partial charge on any atom is -0.347 e. The van der Waals surface area contributed by atoms with E-state index >= 15 is 0 Å². The third-order valence-corrected chi connectivity index (χ3v) is 6.10. The molecule has 0 bridgehead atoms. The summed E-state index contributed by atoms with van der Waals surface area (Å²) in [5.74, 6) is -0.317. The summed E-state index contributed by atoms with van der Waals surface area (Å²) < 4.78 is 11.9. The molecular weight excluding hydrogens is 282 g/mol. The molecule has 1 spiro atoms. The van der Waals surface area contributed by atoms with Crippen LogP contribution in [0.5, 0.6) is 0 Å². The first kappa shape index (κ1) is 15.3. The molecule has 1 aliphatic carbocycles. The Morgan fingerprint density at radius 3 is 2.71 bits per heavy atom. The third kappa shape index (κ3) is 3.29. The van der Waals surface area contributed by atoms with E-state index in [1.54, 1.807) is 0 Å². The number of hydrogen-bond acceptors (Lipinski definition) is 4. The molecule has 2 atom stereocenters. The fraction of sp³-hybridized carbons (Fsp3) is 0.647. The number of hydrogen-bond donors (Lipinski definition) is 1. The maximum Gasteiger partial charge on any atom is 0.169 e. The van der Waals surface area contributed by atoms with Crippen molar-refractivity contribution in [2.24, 2.45) is 0 Å². The molecule has 0 radical (unpaired) electrons. The lowest BCUT2D eigenvalue weighted by Gasteiger charge is -2.40. The normalized spacial score (nSPS) is 28.1. The van der Waals surface area contributed by atoms with E-state index in [1.807, 2.05) is 11.8 Å². The lowest BCUT2D eigenvalue weighted by molar-refractivity contribution is -0.177. The van der Waals surface area contributed by atoms with Crippen molar-refractivity contribution in [3.8, 4) is 0 Å². The second-order valence-electron chi connectivity index (χ2n) is 6.17. The lowest BCUT2D eigenvalue weighted by atomic mass is 9.89. The maximum atomic E-state index is 5.93. The Morgan fingerprint density at radius 2 is 2.00 bits per heavy atom. The van der Waals surface area contributed by atoms with Gasteiger partial charge in [0.05, 0.1) is 13.2 Å². The number of thioether (sulfide) groups is 1. The molecule has 3 rings (SSSR count). The first-order chi connectivity index (χ1) is 10.1. The minimum absolute atomic E-state index is 0.317. The van der Waals surface area contributed by atoms with E-state index in [1.165, 1.54) is 16.0 Å². The summed E-state index contributed by atoms with van der Waals surface area (Å²) >= 11 is 1.98. The van der Waals surface area contributed by atoms with Gasteiger partial charge in [-0.1, -0.05) is 17.7 Å². The average Bonchev–Trinajstić information content (AvgIpc) is 2.91. The second kappa shape index (κ2) is 6.29. The van der Waals surface area contributed by atoms with Gasteiger partial charge in [0.2, 0.25) is 0 Å². The molecule has 21 heavy (non-hydrogen) atoms. The van der Waals surface area contributed by atoms with E-state index in [4.69, 9.17) is 9.47 Å². The van der Waals surface area contributed by atoms with Gasteiger partial charge in [0.1, 0.15) is 0 Å². The number of nitrogens with one attached hydrogen (secondary N) is 1. The molecule has 1 N–H and O–H groups in total. The van der Waals surface area contributed by atoms with Gasteiger partial charge in [-0.25, -0.2) is 0 Å². The SMILES string of the molecule is CNC1CCC2(CC1Sc1cc(C)ccc1C)OCCO2. The first-order valence-electron chi connectivity index (χ1n) is 7.81. The lowest BCUT2D eigenvalue weighted by Crippen LogP contribution is -2.48. The van der Waals surface area contributed by atoms with E-state index in [0.717, 1.165) is 32.5 Å². The van der Waals surface area contributed by atoms with Gasteiger partial charge in [-0.3, -0.25) is 0 Å². The molecule has 3 nitrogen and oxygen atoms in total. The fourth-order valence-electron chi connectivity index (χ4n) is 3.32. The summed E-state index contributed by atoms with van der Waals surface area (Å²) in [7, 11) is 2.07. The summed E-state index contributed by atoms with van der Waals surface area (Å²) in [5, 5.41) is 3.97. The van der Waals surface area contributed by atoms with Crippen LogP contribution in [0.15, 0.2) is 23.1 Å². The summed E-state index contributed by atoms with van der Waals surface area (Å²) in [5.41, 5.74) is 2.68. The quantitative estimate of drug-likeness (QED) is 0.928. The number of aryl methyl sites for hydroxylation is 2. The summed E-state index contributed by atoms with van der Waals surface area (Å²) in [6.07, 6.45) is 3.08. The molecule has 116 valence electrons. The van der Waals surface area contributed by atoms with Crippen LogP contribution in [0.25, 0.3) is 0 Å². The largest absolute Gasteiger partial charge is 0.347 e. The van der Waals surface area contributed by atoms with Gasteiger partial charge in [-0.2, -0.15) is 0 Å². The minimum atomic E-state index is -0.317. The average molecular weight is 307 g/mol.